The number of hydrogen-bond donors (Lipinski definition) is 1. The van der Waals surface area contributed by atoms with Gasteiger partial charge in [-0.2, -0.15) is 0 Å². The molecule has 1 N–H and O–H groups in total. The van der Waals surface area contributed by atoms with E-state index < -0.39 is 0 Å². The van der Waals surface area contributed by atoms with Crippen LogP contribution in [0, 0.1) is 13.8 Å². The van der Waals surface area contributed by atoms with Gasteiger partial charge in [-0.1, -0.05) is 78.4 Å². The van der Waals surface area contributed by atoms with Crippen LogP contribution in [-0.4, -0.2) is 17.8 Å². The SMILES string of the molecule is Cc1ccc(N(Cc2ccc(O)cc2)C(=O)OCC2c3ccccc3-c3ccccc32)c(C)c1. The summed E-state index contributed by atoms with van der Waals surface area (Å²) >= 11 is 0. The highest BCUT2D eigenvalue weighted by Gasteiger charge is 2.30. The molecule has 4 heteroatoms. The second-order valence-corrected chi connectivity index (χ2v) is 8.85. The van der Waals surface area contributed by atoms with Gasteiger partial charge in [-0.05, 0) is 65.4 Å². The summed E-state index contributed by atoms with van der Waals surface area (Å²) in [6, 6.07) is 29.6. The molecule has 0 radical (unpaired) electrons. The zero-order chi connectivity index (χ0) is 23.7. The Hall–Kier alpha value is -4.05. The minimum Gasteiger partial charge on any atom is -0.508 e. The fraction of sp³-hybridized carbons (Fsp3) is 0.167. The Morgan fingerprint density at radius 1 is 0.853 bits per heavy atom. The Bertz CT molecular complexity index is 1300. The van der Waals surface area contributed by atoms with E-state index in [4.69, 9.17) is 4.74 Å². The second-order valence-electron chi connectivity index (χ2n) is 8.85. The maximum atomic E-state index is 13.5. The van der Waals surface area contributed by atoms with Gasteiger partial charge in [0.1, 0.15) is 12.4 Å². The first kappa shape index (κ1) is 21.8. The summed E-state index contributed by atoms with van der Waals surface area (Å²) in [5.41, 5.74) is 8.65. The summed E-state index contributed by atoms with van der Waals surface area (Å²) in [6.07, 6.45) is -0.387. The second kappa shape index (κ2) is 9.06. The molecule has 170 valence electrons. The smallest absolute Gasteiger partial charge is 0.414 e. The Kier molecular flexibility index (Phi) is 5.81. The molecule has 0 saturated carbocycles. The average Bonchev–Trinajstić information content (AvgIpc) is 3.16. The van der Waals surface area contributed by atoms with Crippen LogP contribution < -0.4 is 4.90 Å². The van der Waals surface area contributed by atoms with E-state index in [2.05, 4.69) is 30.3 Å². The molecule has 0 saturated heterocycles. The Morgan fingerprint density at radius 2 is 1.47 bits per heavy atom. The minimum atomic E-state index is -0.387. The van der Waals surface area contributed by atoms with Crippen molar-refractivity contribution in [1.82, 2.24) is 0 Å². The minimum absolute atomic E-state index is 0.00554. The maximum absolute atomic E-state index is 13.5. The predicted molar refractivity (Wildman–Crippen MR) is 135 cm³/mol. The first-order chi connectivity index (χ1) is 16.5. The number of carbonyl (C=O) groups excluding carboxylic acids is 1. The standard InChI is InChI=1S/C30H27NO3/c1-20-11-16-29(21(2)17-20)31(18-22-12-14-23(32)15-13-22)30(33)34-19-28-26-9-5-3-7-24(26)25-8-4-6-10-27(25)28/h3-17,28,32H,18-19H2,1-2H3. The molecule has 0 fully saturated rings. The summed E-state index contributed by atoms with van der Waals surface area (Å²) in [5.74, 6) is 0.203. The van der Waals surface area contributed by atoms with E-state index in [1.54, 1.807) is 17.0 Å². The molecular formula is C30H27NO3. The van der Waals surface area contributed by atoms with Gasteiger partial charge in [0, 0.05) is 5.92 Å². The van der Waals surface area contributed by atoms with E-state index in [1.165, 1.54) is 22.3 Å². The monoisotopic (exact) mass is 449 g/mol. The molecule has 0 aromatic heterocycles. The van der Waals surface area contributed by atoms with Crippen LogP contribution in [-0.2, 0) is 11.3 Å². The molecule has 0 spiro atoms. The van der Waals surface area contributed by atoms with Crippen LogP contribution in [0.5, 0.6) is 5.75 Å². The molecule has 4 nitrogen and oxygen atoms in total. The molecular weight excluding hydrogens is 422 g/mol. The number of phenolic OH excluding ortho intramolecular Hbond substituents is 1. The normalized spacial score (nSPS) is 12.2. The lowest BCUT2D eigenvalue weighted by Crippen LogP contribution is -2.32. The number of hydrogen-bond acceptors (Lipinski definition) is 3. The van der Waals surface area contributed by atoms with Crippen molar-refractivity contribution in [3.05, 3.63) is 119 Å². The van der Waals surface area contributed by atoms with E-state index in [9.17, 15) is 9.90 Å². The average molecular weight is 450 g/mol. The highest BCUT2D eigenvalue weighted by atomic mass is 16.6. The zero-order valence-corrected chi connectivity index (χ0v) is 19.4. The van der Waals surface area contributed by atoms with Crippen molar-refractivity contribution in [2.24, 2.45) is 0 Å². The molecule has 0 unspecified atom stereocenters. The molecule has 4 aromatic rings. The third-order valence-electron chi connectivity index (χ3n) is 6.48. The van der Waals surface area contributed by atoms with Crippen molar-refractivity contribution in [2.75, 3.05) is 11.5 Å². The van der Waals surface area contributed by atoms with E-state index in [0.29, 0.717) is 6.54 Å². The van der Waals surface area contributed by atoms with Crippen molar-refractivity contribution in [3.63, 3.8) is 0 Å². The van der Waals surface area contributed by atoms with Gasteiger partial charge in [-0.25, -0.2) is 4.79 Å². The van der Waals surface area contributed by atoms with Crippen molar-refractivity contribution < 1.29 is 14.6 Å². The molecule has 4 aromatic carbocycles. The summed E-state index contributed by atoms with van der Waals surface area (Å²) in [7, 11) is 0. The Labute approximate surface area is 200 Å². The highest BCUT2D eigenvalue weighted by Crippen LogP contribution is 2.44. The van der Waals surface area contributed by atoms with Gasteiger partial charge in [0.25, 0.3) is 0 Å². The van der Waals surface area contributed by atoms with Gasteiger partial charge >= 0.3 is 6.09 Å². The van der Waals surface area contributed by atoms with Gasteiger partial charge in [-0.3, -0.25) is 4.90 Å². The Balaban J connectivity index is 1.42. The number of ether oxygens (including phenoxy) is 1. The number of amides is 1. The van der Waals surface area contributed by atoms with Crippen molar-refractivity contribution >= 4 is 11.8 Å². The lowest BCUT2D eigenvalue weighted by Gasteiger charge is -2.25. The number of phenols is 1. The number of carbonyl (C=O) groups is 1. The molecule has 34 heavy (non-hydrogen) atoms. The number of rotatable bonds is 5. The van der Waals surface area contributed by atoms with Crippen LogP contribution in [0.25, 0.3) is 11.1 Å². The van der Waals surface area contributed by atoms with Crippen LogP contribution in [0.3, 0.4) is 0 Å². The molecule has 0 heterocycles. The highest BCUT2D eigenvalue weighted by molar-refractivity contribution is 5.89. The molecule has 1 aliphatic rings. The van der Waals surface area contributed by atoms with Crippen molar-refractivity contribution in [2.45, 2.75) is 26.3 Å². The van der Waals surface area contributed by atoms with Gasteiger partial charge in [0.2, 0.25) is 0 Å². The number of aryl methyl sites for hydroxylation is 2. The number of aromatic hydroxyl groups is 1. The molecule has 0 bridgehead atoms. The fourth-order valence-corrected chi connectivity index (χ4v) is 4.81. The van der Waals surface area contributed by atoms with E-state index in [-0.39, 0.29) is 24.4 Å². The first-order valence-corrected chi connectivity index (χ1v) is 11.5. The van der Waals surface area contributed by atoms with E-state index >= 15 is 0 Å². The number of fused-ring (bicyclic) bond motifs is 3. The third-order valence-corrected chi connectivity index (χ3v) is 6.48. The maximum Gasteiger partial charge on any atom is 0.414 e. The van der Waals surface area contributed by atoms with Crippen LogP contribution in [0.15, 0.2) is 91.0 Å². The fourth-order valence-electron chi connectivity index (χ4n) is 4.81. The number of benzene rings is 4. The van der Waals surface area contributed by atoms with E-state index in [0.717, 1.165) is 22.4 Å². The first-order valence-electron chi connectivity index (χ1n) is 11.5. The summed E-state index contributed by atoms with van der Waals surface area (Å²) in [4.78, 5) is 15.2. The van der Waals surface area contributed by atoms with E-state index in [1.807, 2.05) is 62.4 Å². The molecule has 0 atom stereocenters. The van der Waals surface area contributed by atoms with Crippen LogP contribution in [0.1, 0.15) is 33.7 Å². The number of anilines is 1. The van der Waals surface area contributed by atoms with Crippen LogP contribution >= 0.6 is 0 Å². The number of nitrogens with zero attached hydrogens (tertiary/aromatic N) is 1. The van der Waals surface area contributed by atoms with Gasteiger partial charge in [0.15, 0.2) is 0 Å². The molecule has 0 aliphatic heterocycles. The van der Waals surface area contributed by atoms with Crippen LogP contribution in [0.2, 0.25) is 0 Å². The largest absolute Gasteiger partial charge is 0.508 e. The zero-order valence-electron chi connectivity index (χ0n) is 19.4. The van der Waals surface area contributed by atoms with Gasteiger partial charge in [-0.15, -0.1) is 0 Å². The molecule has 1 amide bonds. The third kappa shape index (κ3) is 4.15. The lowest BCUT2D eigenvalue weighted by atomic mass is 9.98. The van der Waals surface area contributed by atoms with Crippen molar-refractivity contribution in [3.8, 4) is 16.9 Å². The molecule has 5 rings (SSSR count). The van der Waals surface area contributed by atoms with Crippen LogP contribution in [0.4, 0.5) is 10.5 Å². The van der Waals surface area contributed by atoms with Gasteiger partial charge in [0.05, 0.1) is 12.2 Å². The quantitative estimate of drug-likeness (QED) is 0.358. The Morgan fingerprint density at radius 3 is 2.09 bits per heavy atom. The predicted octanol–water partition coefficient (Wildman–Crippen LogP) is 6.96. The lowest BCUT2D eigenvalue weighted by molar-refractivity contribution is 0.150. The topological polar surface area (TPSA) is 49.8 Å². The van der Waals surface area contributed by atoms with Crippen molar-refractivity contribution in [1.29, 1.82) is 0 Å². The molecule has 1 aliphatic carbocycles. The summed E-state index contributed by atoms with van der Waals surface area (Å²) in [6.45, 7) is 4.65. The summed E-state index contributed by atoms with van der Waals surface area (Å²) in [5, 5.41) is 9.65. The van der Waals surface area contributed by atoms with Gasteiger partial charge < -0.3 is 9.84 Å². The summed E-state index contributed by atoms with van der Waals surface area (Å²) < 4.78 is 5.98.